The van der Waals surface area contributed by atoms with Crippen molar-refractivity contribution in [1.82, 2.24) is 0 Å². The summed E-state index contributed by atoms with van der Waals surface area (Å²) in [6.45, 7) is 0. The molecule has 1 heterocycles. The zero-order valence-corrected chi connectivity index (χ0v) is 18.4. The van der Waals surface area contributed by atoms with Crippen LogP contribution in [0, 0.1) is 0 Å². The SMILES string of the molecule is COc1cccc(N2C(=O)C(=O)/C(=C(/O)c3ccccc3)C2c2ccc(OC)cc2OC)c1. The molecule has 0 bridgehead atoms. The van der Waals surface area contributed by atoms with E-state index in [9.17, 15) is 14.7 Å². The van der Waals surface area contributed by atoms with Gasteiger partial charge in [0.05, 0.1) is 32.9 Å². The maximum Gasteiger partial charge on any atom is 0.300 e. The third-order valence-corrected chi connectivity index (χ3v) is 5.56. The second-order valence-electron chi connectivity index (χ2n) is 7.34. The third kappa shape index (κ3) is 3.89. The summed E-state index contributed by atoms with van der Waals surface area (Å²) in [4.78, 5) is 27.9. The number of benzene rings is 3. The van der Waals surface area contributed by atoms with Gasteiger partial charge in [-0.3, -0.25) is 14.5 Å². The van der Waals surface area contributed by atoms with Crippen LogP contribution in [0.5, 0.6) is 17.2 Å². The molecule has 1 aliphatic rings. The van der Waals surface area contributed by atoms with Gasteiger partial charge < -0.3 is 19.3 Å². The predicted octanol–water partition coefficient (Wildman–Crippen LogP) is 4.34. The lowest BCUT2D eigenvalue weighted by Crippen LogP contribution is -2.29. The first kappa shape index (κ1) is 22.0. The Kier molecular flexibility index (Phi) is 6.04. The summed E-state index contributed by atoms with van der Waals surface area (Å²) >= 11 is 0. The number of ether oxygens (including phenoxy) is 3. The molecule has 1 N–H and O–H groups in total. The molecule has 0 aliphatic carbocycles. The highest BCUT2D eigenvalue weighted by Crippen LogP contribution is 2.46. The van der Waals surface area contributed by atoms with Crippen molar-refractivity contribution < 1.29 is 28.9 Å². The van der Waals surface area contributed by atoms with Gasteiger partial charge in [-0.25, -0.2) is 0 Å². The summed E-state index contributed by atoms with van der Waals surface area (Å²) in [5, 5.41) is 11.2. The fourth-order valence-electron chi connectivity index (χ4n) is 3.95. The number of aliphatic hydroxyl groups is 1. The summed E-state index contributed by atoms with van der Waals surface area (Å²) in [5.74, 6) is -0.323. The van der Waals surface area contributed by atoms with Gasteiger partial charge in [0.25, 0.3) is 11.7 Å². The minimum absolute atomic E-state index is 0.0301. The molecule has 33 heavy (non-hydrogen) atoms. The molecule has 1 atom stereocenters. The number of nitrogens with zero attached hydrogens (tertiary/aromatic N) is 1. The van der Waals surface area contributed by atoms with E-state index >= 15 is 0 Å². The molecule has 1 unspecified atom stereocenters. The lowest BCUT2D eigenvalue weighted by molar-refractivity contribution is -0.132. The molecular weight excluding hydrogens is 422 g/mol. The number of ketones is 1. The largest absolute Gasteiger partial charge is 0.507 e. The zero-order valence-electron chi connectivity index (χ0n) is 18.4. The lowest BCUT2D eigenvalue weighted by atomic mass is 9.94. The fourth-order valence-corrected chi connectivity index (χ4v) is 3.95. The Hall–Kier alpha value is -4.26. The zero-order chi connectivity index (χ0) is 23.5. The molecule has 168 valence electrons. The molecule has 3 aromatic carbocycles. The van der Waals surface area contributed by atoms with Gasteiger partial charge in [0.2, 0.25) is 0 Å². The topological polar surface area (TPSA) is 85.3 Å². The number of carbonyl (C=O) groups excluding carboxylic acids is 2. The van der Waals surface area contributed by atoms with E-state index in [-0.39, 0.29) is 11.3 Å². The number of hydrogen-bond acceptors (Lipinski definition) is 6. The normalized spacial score (nSPS) is 17.2. The van der Waals surface area contributed by atoms with Gasteiger partial charge in [0.15, 0.2) is 0 Å². The first-order valence-electron chi connectivity index (χ1n) is 10.2. The van der Waals surface area contributed by atoms with Crippen molar-refractivity contribution in [2.75, 3.05) is 26.2 Å². The summed E-state index contributed by atoms with van der Waals surface area (Å²) in [6.07, 6.45) is 0. The predicted molar refractivity (Wildman–Crippen MR) is 124 cm³/mol. The second kappa shape index (κ2) is 9.08. The number of amides is 1. The number of aliphatic hydroxyl groups excluding tert-OH is 1. The molecule has 3 aromatic rings. The standard InChI is InChI=1S/C26H23NO6/c1-31-18-11-7-10-17(14-18)27-23(20-13-12-19(32-2)15-21(20)33-3)22(25(29)26(27)30)24(28)16-8-5-4-6-9-16/h4-15,23,28H,1-3H3/b24-22+. The molecule has 1 aliphatic heterocycles. The summed E-state index contributed by atoms with van der Waals surface area (Å²) in [6, 6.07) is 19.7. The highest BCUT2D eigenvalue weighted by molar-refractivity contribution is 6.51. The Morgan fingerprint density at radius 2 is 1.52 bits per heavy atom. The Bertz CT molecular complexity index is 1230. The van der Waals surface area contributed by atoms with Crippen LogP contribution in [0.15, 0.2) is 78.4 Å². The number of hydrogen-bond donors (Lipinski definition) is 1. The lowest BCUT2D eigenvalue weighted by Gasteiger charge is -2.27. The van der Waals surface area contributed by atoms with Crippen LogP contribution in [-0.2, 0) is 9.59 Å². The van der Waals surface area contributed by atoms with E-state index in [4.69, 9.17) is 14.2 Å². The van der Waals surface area contributed by atoms with Gasteiger partial charge >= 0.3 is 0 Å². The number of methoxy groups -OCH3 is 3. The van der Waals surface area contributed by atoms with Crippen LogP contribution < -0.4 is 19.1 Å². The summed E-state index contributed by atoms with van der Waals surface area (Å²) < 4.78 is 16.2. The molecule has 0 radical (unpaired) electrons. The highest BCUT2D eigenvalue weighted by atomic mass is 16.5. The van der Waals surface area contributed by atoms with Crippen molar-refractivity contribution in [1.29, 1.82) is 0 Å². The van der Waals surface area contributed by atoms with Crippen LogP contribution in [0.25, 0.3) is 5.76 Å². The molecule has 1 amide bonds. The maximum atomic E-state index is 13.3. The molecular formula is C26H23NO6. The second-order valence-corrected chi connectivity index (χ2v) is 7.34. The molecule has 7 nitrogen and oxygen atoms in total. The van der Waals surface area contributed by atoms with Gasteiger partial charge in [-0.05, 0) is 24.3 Å². The quantitative estimate of drug-likeness (QED) is 0.345. The maximum absolute atomic E-state index is 13.3. The summed E-state index contributed by atoms with van der Waals surface area (Å²) in [7, 11) is 4.55. The van der Waals surface area contributed by atoms with Crippen molar-refractivity contribution in [2.45, 2.75) is 6.04 Å². The van der Waals surface area contributed by atoms with E-state index in [0.29, 0.717) is 34.1 Å². The van der Waals surface area contributed by atoms with E-state index in [2.05, 4.69) is 0 Å². The van der Waals surface area contributed by atoms with Crippen molar-refractivity contribution in [3.8, 4) is 17.2 Å². The smallest absolute Gasteiger partial charge is 0.300 e. The van der Waals surface area contributed by atoms with Crippen molar-refractivity contribution in [3.63, 3.8) is 0 Å². The van der Waals surface area contributed by atoms with Gasteiger partial charge in [0.1, 0.15) is 23.0 Å². The highest BCUT2D eigenvalue weighted by Gasteiger charge is 2.48. The van der Waals surface area contributed by atoms with E-state index in [0.717, 1.165) is 0 Å². The van der Waals surface area contributed by atoms with Crippen molar-refractivity contribution >= 4 is 23.1 Å². The van der Waals surface area contributed by atoms with Gasteiger partial charge in [-0.15, -0.1) is 0 Å². The monoisotopic (exact) mass is 445 g/mol. The van der Waals surface area contributed by atoms with Gasteiger partial charge in [-0.2, -0.15) is 0 Å². The molecule has 0 saturated carbocycles. The number of carbonyl (C=O) groups is 2. The van der Waals surface area contributed by atoms with Crippen LogP contribution >= 0.6 is 0 Å². The minimum Gasteiger partial charge on any atom is -0.507 e. The van der Waals surface area contributed by atoms with Crippen LogP contribution in [0.4, 0.5) is 5.69 Å². The van der Waals surface area contributed by atoms with Crippen LogP contribution in [0.2, 0.25) is 0 Å². The van der Waals surface area contributed by atoms with Gasteiger partial charge in [-0.1, -0.05) is 36.4 Å². The van der Waals surface area contributed by atoms with Crippen LogP contribution in [-0.4, -0.2) is 38.1 Å². The molecule has 0 spiro atoms. The Morgan fingerprint density at radius 1 is 0.818 bits per heavy atom. The Morgan fingerprint density at radius 3 is 2.18 bits per heavy atom. The minimum atomic E-state index is -0.932. The van der Waals surface area contributed by atoms with E-state index in [1.807, 2.05) is 0 Å². The molecule has 1 fully saturated rings. The van der Waals surface area contributed by atoms with Crippen molar-refractivity contribution in [2.24, 2.45) is 0 Å². The average Bonchev–Trinajstić information content (AvgIpc) is 3.13. The Labute approximate surface area is 191 Å². The first-order valence-corrected chi connectivity index (χ1v) is 10.2. The molecule has 7 heteroatoms. The molecule has 4 rings (SSSR count). The first-order chi connectivity index (χ1) is 16.0. The van der Waals surface area contributed by atoms with Crippen LogP contribution in [0.3, 0.4) is 0 Å². The number of rotatable bonds is 6. The fraction of sp³-hybridized carbons (Fsp3) is 0.154. The van der Waals surface area contributed by atoms with E-state index in [1.54, 1.807) is 72.8 Å². The third-order valence-electron chi connectivity index (χ3n) is 5.56. The Balaban J connectivity index is 1.99. The number of Topliss-reactive ketones (excluding diaryl/α,β-unsaturated/α-hetero) is 1. The summed E-state index contributed by atoms with van der Waals surface area (Å²) in [5.41, 5.74) is 1.38. The average molecular weight is 445 g/mol. The molecule has 1 saturated heterocycles. The molecule has 0 aromatic heterocycles. The van der Waals surface area contributed by atoms with Gasteiger partial charge in [0, 0.05) is 28.9 Å². The van der Waals surface area contributed by atoms with E-state index in [1.165, 1.54) is 26.2 Å². The number of anilines is 1. The van der Waals surface area contributed by atoms with Crippen molar-refractivity contribution in [3.05, 3.63) is 89.5 Å². The van der Waals surface area contributed by atoms with E-state index < -0.39 is 17.7 Å². The van der Waals surface area contributed by atoms with Crippen LogP contribution in [0.1, 0.15) is 17.2 Å².